The van der Waals surface area contributed by atoms with Crippen LogP contribution in [0.25, 0.3) is 0 Å². The van der Waals surface area contributed by atoms with E-state index in [9.17, 15) is 4.79 Å². The Morgan fingerprint density at radius 1 is 1.05 bits per heavy atom. The van der Waals surface area contributed by atoms with Gasteiger partial charge in [0.25, 0.3) is 0 Å². The van der Waals surface area contributed by atoms with Crippen molar-refractivity contribution in [1.29, 1.82) is 0 Å². The van der Waals surface area contributed by atoms with Gasteiger partial charge in [-0.15, -0.1) is 0 Å². The Kier molecular flexibility index (Phi) is 5.64. The third-order valence-electron chi connectivity index (χ3n) is 3.33. The number of carbonyl (C=O) groups excluding carboxylic acids is 1. The van der Waals surface area contributed by atoms with Crippen LogP contribution in [0.4, 0.5) is 4.79 Å². The smallest absolute Gasteiger partial charge is 0.315 e. The molecule has 0 spiro atoms. The largest absolute Gasteiger partial charge is 0.338 e. The molecule has 0 saturated carbocycles. The maximum absolute atomic E-state index is 11.8. The Bertz CT molecular complexity index is 586. The van der Waals surface area contributed by atoms with Gasteiger partial charge in [0.1, 0.15) is 0 Å². The molecule has 0 fully saturated rings. The molecule has 4 heteroatoms. The predicted octanol–water partition coefficient (Wildman–Crippen LogP) is 3.94. The van der Waals surface area contributed by atoms with E-state index in [-0.39, 0.29) is 11.9 Å². The minimum absolute atomic E-state index is 0.183. The summed E-state index contributed by atoms with van der Waals surface area (Å²) in [4.78, 5) is 11.8. The molecule has 0 saturated heterocycles. The third-order valence-corrected chi connectivity index (χ3v) is 3.70. The van der Waals surface area contributed by atoms with Crippen molar-refractivity contribution in [1.82, 2.24) is 10.6 Å². The van der Waals surface area contributed by atoms with Gasteiger partial charge < -0.3 is 10.6 Å². The van der Waals surface area contributed by atoms with Crippen molar-refractivity contribution >= 4 is 17.6 Å². The average molecular weight is 303 g/mol. The summed E-state index contributed by atoms with van der Waals surface area (Å²) in [6.07, 6.45) is 0. The fourth-order valence-electron chi connectivity index (χ4n) is 2.02. The molecule has 0 aliphatic carbocycles. The van der Waals surface area contributed by atoms with Gasteiger partial charge in [-0.1, -0.05) is 67.1 Å². The van der Waals surface area contributed by atoms with Gasteiger partial charge >= 0.3 is 6.03 Å². The van der Waals surface area contributed by atoms with E-state index >= 15 is 0 Å². The minimum atomic E-state index is -0.183. The Labute approximate surface area is 130 Å². The molecule has 0 aromatic heterocycles. The third kappa shape index (κ3) is 4.80. The molecule has 1 atom stereocenters. The molecule has 0 aliphatic heterocycles. The molecule has 2 amide bonds. The number of nitrogens with one attached hydrogen (secondary N) is 2. The number of hydrogen-bond donors (Lipinski definition) is 2. The van der Waals surface area contributed by atoms with Crippen LogP contribution in [0.5, 0.6) is 0 Å². The summed E-state index contributed by atoms with van der Waals surface area (Å²) in [6.45, 7) is 3.10. The summed E-state index contributed by atoms with van der Waals surface area (Å²) < 4.78 is 0. The van der Waals surface area contributed by atoms with E-state index < -0.39 is 0 Å². The fraction of sp³-hybridized carbons (Fsp3) is 0.235. The number of amides is 2. The molecule has 21 heavy (non-hydrogen) atoms. The van der Waals surface area contributed by atoms with E-state index in [0.717, 1.165) is 5.56 Å². The van der Waals surface area contributed by atoms with Gasteiger partial charge in [0.15, 0.2) is 0 Å². The van der Waals surface area contributed by atoms with Gasteiger partial charge in [0.2, 0.25) is 0 Å². The molecular weight excluding hydrogens is 284 g/mol. The minimum Gasteiger partial charge on any atom is -0.338 e. The zero-order chi connectivity index (χ0) is 15.1. The van der Waals surface area contributed by atoms with Crippen LogP contribution in [0.2, 0.25) is 5.02 Å². The number of urea groups is 1. The van der Waals surface area contributed by atoms with Gasteiger partial charge in [-0.3, -0.25) is 0 Å². The first-order valence-corrected chi connectivity index (χ1v) is 7.34. The van der Waals surface area contributed by atoms with Crippen LogP contribution in [-0.2, 0) is 6.54 Å². The van der Waals surface area contributed by atoms with Crippen LogP contribution >= 0.6 is 11.6 Å². The van der Waals surface area contributed by atoms with E-state index in [1.54, 1.807) is 0 Å². The van der Waals surface area contributed by atoms with Gasteiger partial charge in [-0.2, -0.15) is 0 Å². The molecule has 110 valence electrons. The zero-order valence-electron chi connectivity index (χ0n) is 12.0. The van der Waals surface area contributed by atoms with Crippen LogP contribution in [0.3, 0.4) is 0 Å². The Balaban J connectivity index is 1.76. The Hall–Kier alpha value is -2.00. The van der Waals surface area contributed by atoms with Gasteiger partial charge in [-0.25, -0.2) is 4.79 Å². The summed E-state index contributed by atoms with van der Waals surface area (Å²) in [5.41, 5.74) is 2.12. The summed E-state index contributed by atoms with van der Waals surface area (Å²) in [5.74, 6) is 0.275. The topological polar surface area (TPSA) is 41.1 Å². The van der Waals surface area contributed by atoms with Crippen LogP contribution < -0.4 is 10.6 Å². The van der Waals surface area contributed by atoms with E-state index in [1.807, 2.05) is 42.5 Å². The average Bonchev–Trinajstić information content (AvgIpc) is 2.52. The molecule has 2 aromatic rings. The maximum atomic E-state index is 11.8. The predicted molar refractivity (Wildman–Crippen MR) is 86.5 cm³/mol. The van der Waals surface area contributed by atoms with Crippen molar-refractivity contribution < 1.29 is 4.79 Å². The van der Waals surface area contributed by atoms with E-state index in [0.29, 0.717) is 18.1 Å². The molecule has 0 bridgehead atoms. The van der Waals surface area contributed by atoms with Crippen LogP contribution in [0, 0.1) is 0 Å². The lowest BCUT2D eigenvalue weighted by atomic mass is 10.0. The molecule has 0 heterocycles. The highest BCUT2D eigenvalue weighted by Crippen LogP contribution is 2.14. The lowest BCUT2D eigenvalue weighted by molar-refractivity contribution is 0.240. The molecule has 2 aromatic carbocycles. The van der Waals surface area contributed by atoms with Crippen LogP contribution in [0.15, 0.2) is 54.6 Å². The van der Waals surface area contributed by atoms with Crippen molar-refractivity contribution in [2.75, 3.05) is 6.54 Å². The molecule has 2 rings (SSSR count). The van der Waals surface area contributed by atoms with Crippen LogP contribution in [0.1, 0.15) is 24.0 Å². The van der Waals surface area contributed by atoms with Crippen LogP contribution in [-0.4, -0.2) is 12.6 Å². The molecule has 2 N–H and O–H groups in total. The molecule has 0 aliphatic rings. The van der Waals surface area contributed by atoms with E-state index in [1.165, 1.54) is 5.56 Å². The van der Waals surface area contributed by atoms with Gasteiger partial charge in [0, 0.05) is 18.1 Å². The van der Waals surface area contributed by atoms with Gasteiger partial charge in [0.05, 0.1) is 0 Å². The number of carbonyl (C=O) groups is 1. The molecule has 0 radical (unpaired) electrons. The number of halogens is 1. The SMILES string of the molecule is CC(CNC(=O)NCc1ccccc1Cl)c1ccccc1. The standard InChI is InChI=1S/C17H19ClN2O/c1-13(14-7-3-2-4-8-14)11-19-17(21)20-12-15-9-5-6-10-16(15)18/h2-10,13H,11-12H2,1H3,(H2,19,20,21). The highest BCUT2D eigenvalue weighted by Gasteiger charge is 2.07. The fourth-order valence-corrected chi connectivity index (χ4v) is 2.23. The highest BCUT2D eigenvalue weighted by atomic mass is 35.5. The lowest BCUT2D eigenvalue weighted by Gasteiger charge is -2.14. The molecule has 1 unspecified atom stereocenters. The quantitative estimate of drug-likeness (QED) is 0.863. The monoisotopic (exact) mass is 302 g/mol. The van der Waals surface area contributed by atoms with Crippen molar-refractivity contribution in [3.05, 3.63) is 70.7 Å². The Morgan fingerprint density at radius 3 is 2.43 bits per heavy atom. The van der Waals surface area contributed by atoms with Gasteiger partial charge in [-0.05, 0) is 23.1 Å². The highest BCUT2D eigenvalue weighted by molar-refractivity contribution is 6.31. The second-order valence-corrected chi connectivity index (χ2v) is 5.37. The first kappa shape index (κ1) is 15.4. The first-order chi connectivity index (χ1) is 10.2. The summed E-state index contributed by atoms with van der Waals surface area (Å²) in [7, 11) is 0. The van der Waals surface area contributed by atoms with Crippen molar-refractivity contribution in [2.24, 2.45) is 0 Å². The molecule has 3 nitrogen and oxygen atoms in total. The van der Waals surface area contributed by atoms with E-state index in [2.05, 4.69) is 29.7 Å². The van der Waals surface area contributed by atoms with Crippen molar-refractivity contribution in [3.8, 4) is 0 Å². The van der Waals surface area contributed by atoms with E-state index in [4.69, 9.17) is 11.6 Å². The number of hydrogen-bond acceptors (Lipinski definition) is 1. The normalized spacial score (nSPS) is 11.7. The second-order valence-electron chi connectivity index (χ2n) is 4.97. The van der Waals surface area contributed by atoms with Crippen molar-refractivity contribution in [3.63, 3.8) is 0 Å². The zero-order valence-corrected chi connectivity index (χ0v) is 12.7. The van der Waals surface area contributed by atoms with Crippen molar-refractivity contribution in [2.45, 2.75) is 19.4 Å². The summed E-state index contributed by atoms with van der Waals surface area (Å²) in [6, 6.07) is 17.4. The first-order valence-electron chi connectivity index (χ1n) is 6.97. The summed E-state index contributed by atoms with van der Waals surface area (Å²) in [5, 5.41) is 6.35. The second kappa shape index (κ2) is 7.70. The molecular formula is C17H19ClN2O. The maximum Gasteiger partial charge on any atom is 0.315 e. The Morgan fingerprint density at radius 2 is 1.71 bits per heavy atom. The number of benzene rings is 2. The lowest BCUT2D eigenvalue weighted by Crippen LogP contribution is -2.37. The summed E-state index contributed by atoms with van der Waals surface area (Å²) >= 11 is 6.04. The number of rotatable bonds is 5.